The minimum atomic E-state index is 0.362. The lowest BCUT2D eigenvalue weighted by Gasteiger charge is -2.08. The standard InChI is InChI=1S/C8H17NO/c1-7(9)2-3-8-4-5-10-6-8/h7-8H,2-6,9H2,1H3/t7-,8?/m1/s1. The zero-order chi connectivity index (χ0) is 7.40. The Morgan fingerprint density at radius 1 is 1.70 bits per heavy atom. The molecule has 0 bridgehead atoms. The Kier molecular flexibility index (Phi) is 3.16. The second-order valence-corrected chi connectivity index (χ2v) is 3.28. The van der Waals surface area contributed by atoms with E-state index in [1.807, 2.05) is 0 Å². The van der Waals surface area contributed by atoms with Gasteiger partial charge >= 0.3 is 0 Å². The third-order valence-corrected chi connectivity index (χ3v) is 2.05. The molecule has 1 heterocycles. The molecule has 0 aromatic rings. The first-order valence-corrected chi connectivity index (χ1v) is 4.12. The Balaban J connectivity index is 2.01. The van der Waals surface area contributed by atoms with Gasteiger partial charge in [-0.15, -0.1) is 0 Å². The SMILES string of the molecule is C[C@@H](N)CCC1CCOC1. The van der Waals surface area contributed by atoms with E-state index in [4.69, 9.17) is 10.5 Å². The highest BCUT2D eigenvalue weighted by molar-refractivity contribution is 4.66. The van der Waals surface area contributed by atoms with Crippen LogP contribution in [-0.4, -0.2) is 19.3 Å². The molecule has 0 aromatic heterocycles. The lowest BCUT2D eigenvalue weighted by molar-refractivity contribution is 0.183. The average Bonchev–Trinajstić information content (AvgIpc) is 2.34. The van der Waals surface area contributed by atoms with Gasteiger partial charge in [0.15, 0.2) is 0 Å². The van der Waals surface area contributed by atoms with Gasteiger partial charge < -0.3 is 10.5 Å². The molecule has 1 unspecified atom stereocenters. The Labute approximate surface area is 62.7 Å². The molecule has 0 spiro atoms. The van der Waals surface area contributed by atoms with Gasteiger partial charge in [0.1, 0.15) is 0 Å². The van der Waals surface area contributed by atoms with Crippen LogP contribution in [0.3, 0.4) is 0 Å². The molecule has 2 atom stereocenters. The van der Waals surface area contributed by atoms with Gasteiger partial charge in [0.05, 0.1) is 0 Å². The molecule has 1 aliphatic heterocycles. The summed E-state index contributed by atoms with van der Waals surface area (Å²) in [6.07, 6.45) is 3.64. The molecule has 1 aliphatic rings. The minimum absolute atomic E-state index is 0.362. The lowest BCUT2D eigenvalue weighted by Crippen LogP contribution is -2.16. The summed E-state index contributed by atoms with van der Waals surface area (Å²) in [5.74, 6) is 0.797. The Morgan fingerprint density at radius 3 is 3.00 bits per heavy atom. The highest BCUT2D eigenvalue weighted by atomic mass is 16.5. The zero-order valence-corrected chi connectivity index (χ0v) is 6.68. The highest BCUT2D eigenvalue weighted by Gasteiger charge is 2.15. The fraction of sp³-hybridized carbons (Fsp3) is 1.00. The smallest absolute Gasteiger partial charge is 0.0495 e. The van der Waals surface area contributed by atoms with Crippen LogP contribution in [0.5, 0.6) is 0 Å². The molecule has 2 heteroatoms. The van der Waals surface area contributed by atoms with Crippen LogP contribution in [0.2, 0.25) is 0 Å². The molecule has 10 heavy (non-hydrogen) atoms. The van der Waals surface area contributed by atoms with Crippen molar-refractivity contribution in [1.82, 2.24) is 0 Å². The highest BCUT2D eigenvalue weighted by Crippen LogP contribution is 2.18. The maximum Gasteiger partial charge on any atom is 0.0495 e. The molecule has 0 aromatic carbocycles. The lowest BCUT2D eigenvalue weighted by atomic mass is 10.0. The summed E-state index contributed by atoms with van der Waals surface area (Å²) in [5.41, 5.74) is 5.63. The molecular formula is C8H17NO. The summed E-state index contributed by atoms with van der Waals surface area (Å²) in [6, 6.07) is 0.362. The van der Waals surface area contributed by atoms with E-state index in [1.165, 1.54) is 12.8 Å². The third kappa shape index (κ3) is 2.67. The number of rotatable bonds is 3. The van der Waals surface area contributed by atoms with E-state index < -0.39 is 0 Å². The van der Waals surface area contributed by atoms with Gasteiger partial charge in [0, 0.05) is 19.3 Å². The molecule has 60 valence electrons. The van der Waals surface area contributed by atoms with Crippen molar-refractivity contribution in [1.29, 1.82) is 0 Å². The number of hydrogen-bond donors (Lipinski definition) is 1. The number of ether oxygens (including phenoxy) is 1. The van der Waals surface area contributed by atoms with Crippen molar-refractivity contribution in [2.24, 2.45) is 11.7 Å². The van der Waals surface area contributed by atoms with E-state index in [1.54, 1.807) is 0 Å². The van der Waals surface area contributed by atoms with E-state index in [-0.39, 0.29) is 0 Å². The molecule has 1 saturated heterocycles. The van der Waals surface area contributed by atoms with Gasteiger partial charge in [-0.25, -0.2) is 0 Å². The maximum absolute atomic E-state index is 5.63. The van der Waals surface area contributed by atoms with Crippen LogP contribution in [0.4, 0.5) is 0 Å². The minimum Gasteiger partial charge on any atom is -0.381 e. The van der Waals surface area contributed by atoms with E-state index >= 15 is 0 Å². The maximum atomic E-state index is 5.63. The second kappa shape index (κ2) is 3.94. The van der Waals surface area contributed by atoms with Crippen molar-refractivity contribution in [3.05, 3.63) is 0 Å². The summed E-state index contributed by atoms with van der Waals surface area (Å²) in [6.45, 7) is 3.99. The molecule has 1 fully saturated rings. The molecule has 0 radical (unpaired) electrons. The summed E-state index contributed by atoms with van der Waals surface area (Å²) in [5, 5.41) is 0. The van der Waals surface area contributed by atoms with Crippen LogP contribution in [-0.2, 0) is 4.74 Å². The fourth-order valence-corrected chi connectivity index (χ4v) is 1.31. The van der Waals surface area contributed by atoms with Crippen LogP contribution in [0.25, 0.3) is 0 Å². The normalized spacial score (nSPS) is 28.8. The van der Waals surface area contributed by atoms with Gasteiger partial charge in [0.2, 0.25) is 0 Å². The number of nitrogens with two attached hydrogens (primary N) is 1. The Hall–Kier alpha value is -0.0800. The van der Waals surface area contributed by atoms with Crippen LogP contribution >= 0.6 is 0 Å². The first-order valence-electron chi connectivity index (χ1n) is 4.12. The van der Waals surface area contributed by atoms with E-state index in [0.29, 0.717) is 6.04 Å². The van der Waals surface area contributed by atoms with E-state index in [9.17, 15) is 0 Å². The quantitative estimate of drug-likeness (QED) is 0.643. The predicted octanol–water partition coefficient (Wildman–Crippen LogP) is 1.15. The molecular weight excluding hydrogens is 126 g/mol. The van der Waals surface area contributed by atoms with Gasteiger partial charge in [-0.1, -0.05) is 0 Å². The average molecular weight is 143 g/mol. The predicted molar refractivity (Wildman–Crippen MR) is 41.8 cm³/mol. The monoisotopic (exact) mass is 143 g/mol. The topological polar surface area (TPSA) is 35.2 Å². The van der Waals surface area contributed by atoms with Gasteiger partial charge in [-0.3, -0.25) is 0 Å². The molecule has 2 nitrogen and oxygen atoms in total. The van der Waals surface area contributed by atoms with Crippen LogP contribution in [0, 0.1) is 5.92 Å². The van der Waals surface area contributed by atoms with Crippen molar-refractivity contribution < 1.29 is 4.74 Å². The molecule has 0 amide bonds. The first kappa shape index (κ1) is 8.02. The van der Waals surface area contributed by atoms with Crippen LogP contribution in [0.15, 0.2) is 0 Å². The second-order valence-electron chi connectivity index (χ2n) is 3.28. The molecule has 2 N–H and O–H groups in total. The summed E-state index contributed by atoms with van der Waals surface area (Å²) in [4.78, 5) is 0. The van der Waals surface area contributed by atoms with Crippen molar-refractivity contribution >= 4 is 0 Å². The Bertz CT molecular complexity index is 87.3. The van der Waals surface area contributed by atoms with Crippen LogP contribution in [0.1, 0.15) is 26.2 Å². The first-order chi connectivity index (χ1) is 4.79. The van der Waals surface area contributed by atoms with Gasteiger partial charge in [-0.05, 0) is 32.1 Å². The van der Waals surface area contributed by atoms with Crippen molar-refractivity contribution in [3.63, 3.8) is 0 Å². The largest absolute Gasteiger partial charge is 0.381 e. The number of hydrogen-bond acceptors (Lipinski definition) is 2. The summed E-state index contributed by atoms with van der Waals surface area (Å²) < 4.78 is 5.25. The van der Waals surface area contributed by atoms with Crippen LogP contribution < -0.4 is 5.73 Å². The van der Waals surface area contributed by atoms with Crippen molar-refractivity contribution in [2.45, 2.75) is 32.2 Å². The van der Waals surface area contributed by atoms with Gasteiger partial charge in [-0.2, -0.15) is 0 Å². The Morgan fingerprint density at radius 2 is 2.50 bits per heavy atom. The van der Waals surface area contributed by atoms with E-state index in [0.717, 1.165) is 25.6 Å². The van der Waals surface area contributed by atoms with E-state index in [2.05, 4.69) is 6.92 Å². The van der Waals surface area contributed by atoms with Crippen molar-refractivity contribution in [2.75, 3.05) is 13.2 Å². The molecule has 0 saturated carbocycles. The fourth-order valence-electron chi connectivity index (χ4n) is 1.31. The summed E-state index contributed by atoms with van der Waals surface area (Å²) >= 11 is 0. The molecule has 1 rings (SSSR count). The van der Waals surface area contributed by atoms with Crippen molar-refractivity contribution in [3.8, 4) is 0 Å². The summed E-state index contributed by atoms with van der Waals surface area (Å²) in [7, 11) is 0. The zero-order valence-electron chi connectivity index (χ0n) is 6.68. The third-order valence-electron chi connectivity index (χ3n) is 2.05. The van der Waals surface area contributed by atoms with Gasteiger partial charge in [0.25, 0.3) is 0 Å². The molecule has 0 aliphatic carbocycles.